The minimum Gasteiger partial charge on any atom is -0.328 e. The van der Waals surface area contributed by atoms with Crippen molar-refractivity contribution in [2.75, 3.05) is 26.2 Å². The first-order chi connectivity index (χ1) is 10.00. The fraction of sp³-hybridized carbons (Fsp3) is 0.944. The molecule has 0 unspecified atom stereocenters. The van der Waals surface area contributed by atoms with Gasteiger partial charge in [0.15, 0.2) is 0 Å². The molecule has 4 heteroatoms. The molecule has 0 aromatic rings. The number of ketones is 1. The van der Waals surface area contributed by atoms with Crippen molar-refractivity contribution < 1.29 is 4.79 Å². The summed E-state index contributed by atoms with van der Waals surface area (Å²) >= 11 is 0. The van der Waals surface area contributed by atoms with Crippen LogP contribution in [0.4, 0.5) is 0 Å². The van der Waals surface area contributed by atoms with Gasteiger partial charge in [-0.1, -0.05) is 0 Å². The first-order valence-electron chi connectivity index (χ1n) is 8.77. The van der Waals surface area contributed by atoms with Gasteiger partial charge in [0.25, 0.3) is 0 Å². The molecule has 2 saturated heterocycles. The van der Waals surface area contributed by atoms with Gasteiger partial charge in [-0.25, -0.2) is 0 Å². The van der Waals surface area contributed by atoms with Crippen LogP contribution in [0.3, 0.4) is 0 Å². The second kappa shape index (κ2) is 7.89. The van der Waals surface area contributed by atoms with Gasteiger partial charge in [0.2, 0.25) is 0 Å². The largest absolute Gasteiger partial charge is 0.328 e. The molecule has 2 fully saturated rings. The van der Waals surface area contributed by atoms with Gasteiger partial charge in [0.1, 0.15) is 5.78 Å². The molecular weight excluding hydrogens is 274 g/mol. The van der Waals surface area contributed by atoms with E-state index in [-0.39, 0.29) is 5.54 Å². The Morgan fingerprint density at radius 3 is 1.55 bits per heavy atom. The fourth-order valence-corrected chi connectivity index (χ4v) is 3.00. The van der Waals surface area contributed by atoms with Gasteiger partial charge in [-0.05, 0) is 54.4 Å². The average Bonchev–Trinajstić information content (AvgIpc) is 2.38. The molecule has 0 aromatic heterocycles. The molecule has 2 rings (SSSR count). The van der Waals surface area contributed by atoms with Gasteiger partial charge in [0, 0.05) is 56.1 Å². The number of carbonyl (C=O) groups excluding carboxylic acids is 1. The van der Waals surface area contributed by atoms with Crippen LogP contribution in [0.15, 0.2) is 0 Å². The topological polar surface area (TPSA) is 49.6 Å². The van der Waals surface area contributed by atoms with Crippen LogP contribution in [0.5, 0.6) is 0 Å². The highest BCUT2D eigenvalue weighted by Gasteiger charge is 2.26. The SMILES string of the molecule is CC(C)(C)N1CCC(=O)CC1.CC(C)(C)N1CCC(N)CC1. The molecule has 0 aliphatic carbocycles. The molecule has 2 N–H and O–H groups in total. The maximum absolute atomic E-state index is 10.9. The van der Waals surface area contributed by atoms with Crippen molar-refractivity contribution in [2.24, 2.45) is 5.73 Å². The number of likely N-dealkylation sites (tertiary alicyclic amines) is 2. The monoisotopic (exact) mass is 311 g/mol. The van der Waals surface area contributed by atoms with E-state index in [9.17, 15) is 4.79 Å². The molecule has 22 heavy (non-hydrogen) atoms. The molecule has 0 spiro atoms. The Morgan fingerprint density at radius 1 is 0.818 bits per heavy atom. The lowest BCUT2D eigenvalue weighted by atomic mass is 9.99. The molecule has 0 bridgehead atoms. The first kappa shape index (κ1) is 19.6. The first-order valence-corrected chi connectivity index (χ1v) is 8.77. The van der Waals surface area contributed by atoms with Gasteiger partial charge in [0.05, 0.1) is 0 Å². The van der Waals surface area contributed by atoms with Gasteiger partial charge in [-0.15, -0.1) is 0 Å². The zero-order valence-corrected chi connectivity index (χ0v) is 15.6. The van der Waals surface area contributed by atoms with Crippen molar-refractivity contribution in [3.63, 3.8) is 0 Å². The number of rotatable bonds is 0. The molecule has 130 valence electrons. The van der Waals surface area contributed by atoms with Crippen LogP contribution in [-0.2, 0) is 4.79 Å². The Morgan fingerprint density at radius 2 is 1.18 bits per heavy atom. The lowest BCUT2D eigenvalue weighted by Crippen LogP contribution is -2.48. The van der Waals surface area contributed by atoms with Crippen LogP contribution < -0.4 is 5.73 Å². The maximum Gasteiger partial charge on any atom is 0.135 e. The predicted molar refractivity (Wildman–Crippen MR) is 94.1 cm³/mol. The second-order valence-electron chi connectivity index (χ2n) is 8.69. The number of hydrogen-bond donors (Lipinski definition) is 1. The summed E-state index contributed by atoms with van der Waals surface area (Å²) in [5, 5.41) is 0. The van der Waals surface area contributed by atoms with Crippen molar-refractivity contribution in [2.45, 2.75) is 84.3 Å². The van der Waals surface area contributed by atoms with Gasteiger partial charge >= 0.3 is 0 Å². The minimum atomic E-state index is 0.237. The van der Waals surface area contributed by atoms with Crippen molar-refractivity contribution in [1.82, 2.24) is 9.80 Å². The van der Waals surface area contributed by atoms with E-state index in [2.05, 4.69) is 51.3 Å². The van der Waals surface area contributed by atoms with Crippen molar-refractivity contribution in [3.05, 3.63) is 0 Å². The molecule has 0 amide bonds. The van der Waals surface area contributed by atoms with Crippen molar-refractivity contribution in [3.8, 4) is 0 Å². The van der Waals surface area contributed by atoms with E-state index in [0.717, 1.165) is 38.8 Å². The Kier molecular flexibility index (Phi) is 7.03. The van der Waals surface area contributed by atoms with Crippen molar-refractivity contribution in [1.29, 1.82) is 0 Å². The lowest BCUT2D eigenvalue weighted by molar-refractivity contribution is -0.122. The smallest absolute Gasteiger partial charge is 0.135 e. The van der Waals surface area contributed by atoms with Crippen molar-refractivity contribution >= 4 is 5.78 Å². The van der Waals surface area contributed by atoms with Crippen LogP contribution in [0.25, 0.3) is 0 Å². The van der Waals surface area contributed by atoms with E-state index in [0.29, 0.717) is 17.4 Å². The summed E-state index contributed by atoms with van der Waals surface area (Å²) in [5.41, 5.74) is 6.38. The summed E-state index contributed by atoms with van der Waals surface area (Å²) in [4.78, 5) is 15.8. The van der Waals surface area contributed by atoms with Gasteiger partial charge < -0.3 is 5.73 Å². The summed E-state index contributed by atoms with van der Waals surface area (Å²) in [5.74, 6) is 0.422. The molecule has 0 atom stereocenters. The average molecular weight is 312 g/mol. The van der Waals surface area contributed by atoms with Crippen LogP contribution in [-0.4, -0.2) is 58.9 Å². The summed E-state index contributed by atoms with van der Waals surface area (Å²) in [6.45, 7) is 17.6. The van der Waals surface area contributed by atoms with E-state index in [1.807, 2.05) is 0 Å². The predicted octanol–water partition coefficient (Wildman–Crippen LogP) is 2.66. The van der Waals surface area contributed by atoms with Crippen LogP contribution in [0.1, 0.15) is 67.2 Å². The number of nitrogens with zero attached hydrogens (tertiary/aromatic N) is 2. The standard InChI is InChI=1S/C9H20N2.C9H17NO/c1-9(2,3)11-6-4-8(10)5-7-11;1-9(2,3)10-6-4-8(11)5-7-10/h8H,4-7,10H2,1-3H3;4-7H2,1-3H3. The summed E-state index contributed by atoms with van der Waals surface area (Å²) in [6.07, 6.45) is 3.82. The Hall–Kier alpha value is -0.450. The highest BCUT2D eigenvalue weighted by Crippen LogP contribution is 2.19. The van der Waals surface area contributed by atoms with Crippen LogP contribution in [0.2, 0.25) is 0 Å². The molecule has 2 aliphatic rings. The normalized spacial score (nSPS) is 23.1. The fourth-order valence-electron chi connectivity index (χ4n) is 3.00. The molecule has 4 nitrogen and oxygen atoms in total. The highest BCUT2D eigenvalue weighted by molar-refractivity contribution is 5.79. The van der Waals surface area contributed by atoms with Gasteiger partial charge in [-0.3, -0.25) is 14.6 Å². The van der Waals surface area contributed by atoms with E-state index in [4.69, 9.17) is 5.73 Å². The van der Waals surface area contributed by atoms with E-state index in [1.54, 1.807) is 0 Å². The molecule has 0 aromatic carbocycles. The quantitative estimate of drug-likeness (QED) is 0.747. The third-order valence-electron chi connectivity index (χ3n) is 4.76. The Bertz CT molecular complexity index is 336. The zero-order chi connectivity index (χ0) is 17.0. The number of hydrogen-bond acceptors (Lipinski definition) is 4. The van der Waals surface area contributed by atoms with E-state index < -0.39 is 0 Å². The Labute approximate surface area is 137 Å². The summed E-state index contributed by atoms with van der Waals surface area (Å²) in [6, 6.07) is 0.452. The molecular formula is C18H37N3O. The highest BCUT2D eigenvalue weighted by atomic mass is 16.1. The Balaban J connectivity index is 0.000000220. The van der Waals surface area contributed by atoms with E-state index >= 15 is 0 Å². The third kappa shape index (κ3) is 6.76. The molecule has 0 saturated carbocycles. The lowest BCUT2D eigenvalue weighted by Gasteiger charge is -2.40. The van der Waals surface area contributed by atoms with E-state index in [1.165, 1.54) is 13.1 Å². The number of nitrogens with two attached hydrogens (primary N) is 1. The maximum atomic E-state index is 10.9. The van der Waals surface area contributed by atoms with Gasteiger partial charge in [-0.2, -0.15) is 0 Å². The number of piperidine rings is 2. The number of carbonyl (C=O) groups is 1. The summed E-state index contributed by atoms with van der Waals surface area (Å²) < 4.78 is 0. The molecule has 2 heterocycles. The zero-order valence-electron chi connectivity index (χ0n) is 15.6. The molecule has 0 radical (unpaired) electrons. The third-order valence-corrected chi connectivity index (χ3v) is 4.76. The van der Waals surface area contributed by atoms with Crippen LogP contribution in [0, 0.1) is 0 Å². The molecule has 2 aliphatic heterocycles. The second-order valence-corrected chi connectivity index (χ2v) is 8.69. The summed E-state index contributed by atoms with van der Waals surface area (Å²) in [7, 11) is 0. The number of Topliss-reactive ketones (excluding diaryl/α,β-unsaturated/α-hetero) is 1. The minimum absolute atomic E-state index is 0.237. The van der Waals surface area contributed by atoms with Crippen LogP contribution >= 0.6 is 0 Å².